The number of unbranched alkanes of at least 4 members (excludes halogenated alkanes) is 9. The minimum absolute atomic E-state index is 0. The molecule has 0 rings (SSSR count). The molecule has 0 bridgehead atoms. The number of hydrogen-bond donors (Lipinski definition) is 2. The van der Waals surface area contributed by atoms with Crippen LogP contribution in [0.3, 0.4) is 0 Å². The van der Waals surface area contributed by atoms with Gasteiger partial charge < -0.3 is 9.84 Å². The number of carbonyl (C=O) groups is 2. The van der Waals surface area contributed by atoms with Crippen LogP contribution in [0, 0.1) is 0 Å². The van der Waals surface area contributed by atoms with Crippen molar-refractivity contribution in [1.29, 1.82) is 0 Å². The molecule has 0 heterocycles. The Morgan fingerprint density at radius 1 is 0.920 bits per heavy atom. The van der Waals surface area contributed by atoms with Gasteiger partial charge in [-0.05, 0) is 6.42 Å². The van der Waals surface area contributed by atoms with Crippen molar-refractivity contribution in [2.75, 3.05) is 6.61 Å². The first-order chi connectivity index (χ1) is 11.3. The average molecular weight is 390 g/mol. The molecule has 0 saturated heterocycles. The average Bonchev–Trinajstić information content (AvgIpc) is 2.48. The molecule has 0 aliphatic carbocycles. The van der Waals surface area contributed by atoms with Crippen molar-refractivity contribution in [3.05, 3.63) is 0 Å². The summed E-state index contributed by atoms with van der Waals surface area (Å²) in [6, 6.07) is 0. The van der Waals surface area contributed by atoms with Crippen LogP contribution in [-0.4, -0.2) is 71.4 Å². The molecule has 0 aliphatic heterocycles. The van der Waals surface area contributed by atoms with Gasteiger partial charge in [0.1, 0.15) is 0 Å². The molecule has 0 spiro atoms. The van der Waals surface area contributed by atoms with Gasteiger partial charge in [0, 0.05) is 0 Å². The van der Waals surface area contributed by atoms with Crippen LogP contribution in [0.25, 0.3) is 0 Å². The predicted molar refractivity (Wildman–Crippen MR) is 97.5 cm³/mol. The third-order valence-corrected chi connectivity index (χ3v) is 4.80. The van der Waals surface area contributed by atoms with Crippen molar-refractivity contribution in [1.82, 2.24) is 0 Å². The first kappa shape index (κ1) is 27.1. The fourth-order valence-electron chi connectivity index (χ4n) is 2.32. The summed E-state index contributed by atoms with van der Waals surface area (Å²) in [7, 11) is -4.78. The molecule has 0 fully saturated rings. The SMILES string of the molecule is CCCCCCCCCCCCOC(=O)C(CC(=O)O)S(=O)(=O)O.[NaH]. The van der Waals surface area contributed by atoms with Crippen LogP contribution in [0.5, 0.6) is 0 Å². The third kappa shape index (κ3) is 15.8. The van der Waals surface area contributed by atoms with E-state index < -0.39 is 33.7 Å². The van der Waals surface area contributed by atoms with Gasteiger partial charge in [0.25, 0.3) is 10.1 Å². The first-order valence-electron chi connectivity index (χ1n) is 8.63. The fraction of sp³-hybridized carbons (Fsp3) is 0.875. The van der Waals surface area contributed by atoms with E-state index in [1.807, 2.05) is 0 Å². The number of ether oxygens (including phenoxy) is 1. The van der Waals surface area contributed by atoms with Gasteiger partial charge in [0.2, 0.25) is 0 Å². The first-order valence-corrected chi connectivity index (χ1v) is 10.1. The number of esters is 1. The summed E-state index contributed by atoms with van der Waals surface area (Å²) in [5.41, 5.74) is 0. The molecule has 0 saturated carbocycles. The summed E-state index contributed by atoms with van der Waals surface area (Å²) in [6.45, 7) is 2.22. The molecule has 0 radical (unpaired) electrons. The molecule has 25 heavy (non-hydrogen) atoms. The molecular weight excluding hydrogens is 359 g/mol. The zero-order valence-electron chi connectivity index (χ0n) is 14.4. The standard InChI is InChI=1S/C16H30O7S.Na.H/c1-2-3-4-5-6-7-8-9-10-11-12-23-16(19)14(13-15(17)18)24(20,21)22;;/h14H,2-13H2,1H3,(H,17,18)(H,20,21,22);;. The molecule has 2 N–H and O–H groups in total. The fourth-order valence-corrected chi connectivity index (χ4v) is 2.99. The topological polar surface area (TPSA) is 118 Å². The van der Waals surface area contributed by atoms with E-state index in [1.165, 1.54) is 38.5 Å². The van der Waals surface area contributed by atoms with Crippen molar-refractivity contribution in [3.8, 4) is 0 Å². The zero-order chi connectivity index (χ0) is 18.4. The Kier molecular flexibility index (Phi) is 17.4. The van der Waals surface area contributed by atoms with Crippen LogP contribution in [0.2, 0.25) is 0 Å². The van der Waals surface area contributed by atoms with E-state index in [9.17, 15) is 18.0 Å². The maximum absolute atomic E-state index is 11.6. The quantitative estimate of drug-likeness (QED) is 0.191. The Morgan fingerprint density at radius 2 is 1.36 bits per heavy atom. The predicted octanol–water partition coefficient (Wildman–Crippen LogP) is 2.53. The van der Waals surface area contributed by atoms with Crippen molar-refractivity contribution in [2.24, 2.45) is 0 Å². The number of hydrogen-bond acceptors (Lipinski definition) is 5. The number of aliphatic carboxylic acids is 1. The number of carboxylic acid groups (broad SMARTS) is 1. The summed E-state index contributed by atoms with van der Waals surface area (Å²) >= 11 is 0. The van der Waals surface area contributed by atoms with Crippen LogP contribution >= 0.6 is 0 Å². The number of carbonyl (C=O) groups excluding carboxylic acids is 1. The summed E-state index contributed by atoms with van der Waals surface area (Å²) in [5, 5.41) is 6.52. The molecule has 0 aromatic carbocycles. The summed E-state index contributed by atoms with van der Waals surface area (Å²) in [6.07, 6.45) is 10.1. The molecule has 0 aromatic heterocycles. The molecule has 9 heteroatoms. The van der Waals surface area contributed by atoms with Crippen LogP contribution in [0.4, 0.5) is 0 Å². The van der Waals surface area contributed by atoms with E-state index in [0.29, 0.717) is 6.42 Å². The molecule has 1 atom stereocenters. The number of carboxylic acids is 1. The number of rotatable bonds is 15. The van der Waals surface area contributed by atoms with E-state index in [-0.39, 0.29) is 36.2 Å². The van der Waals surface area contributed by atoms with Crippen molar-refractivity contribution in [2.45, 2.75) is 82.8 Å². The second kappa shape index (κ2) is 16.1. The zero-order valence-corrected chi connectivity index (χ0v) is 15.2. The van der Waals surface area contributed by atoms with E-state index in [1.54, 1.807) is 0 Å². The maximum atomic E-state index is 11.6. The Labute approximate surface area is 172 Å². The molecule has 0 aliphatic rings. The van der Waals surface area contributed by atoms with Gasteiger partial charge in [0.05, 0.1) is 13.0 Å². The van der Waals surface area contributed by atoms with Crippen LogP contribution in [0.15, 0.2) is 0 Å². The third-order valence-electron chi connectivity index (χ3n) is 3.72. The molecular formula is C16H31NaO7S. The van der Waals surface area contributed by atoms with Crippen LogP contribution < -0.4 is 0 Å². The molecule has 0 amide bonds. The van der Waals surface area contributed by atoms with Crippen molar-refractivity contribution < 1.29 is 32.4 Å². The summed E-state index contributed by atoms with van der Waals surface area (Å²) in [4.78, 5) is 22.1. The van der Waals surface area contributed by atoms with Gasteiger partial charge in [-0.2, -0.15) is 8.42 Å². The summed E-state index contributed by atoms with van der Waals surface area (Å²) < 4.78 is 35.6. The van der Waals surface area contributed by atoms with Gasteiger partial charge in [-0.25, -0.2) is 0 Å². The van der Waals surface area contributed by atoms with Gasteiger partial charge >= 0.3 is 41.5 Å². The van der Waals surface area contributed by atoms with Crippen molar-refractivity contribution >= 4 is 51.6 Å². The van der Waals surface area contributed by atoms with Crippen LogP contribution in [0.1, 0.15) is 77.6 Å². The van der Waals surface area contributed by atoms with E-state index in [2.05, 4.69) is 6.92 Å². The van der Waals surface area contributed by atoms with E-state index in [0.717, 1.165) is 19.3 Å². The Morgan fingerprint density at radius 3 is 1.76 bits per heavy atom. The second-order valence-corrected chi connectivity index (χ2v) is 7.55. The van der Waals surface area contributed by atoms with Gasteiger partial charge in [0.15, 0.2) is 5.25 Å². The van der Waals surface area contributed by atoms with Gasteiger partial charge in [-0.15, -0.1) is 0 Å². The normalized spacial score (nSPS) is 12.2. The minimum atomic E-state index is -4.78. The molecule has 144 valence electrons. The second-order valence-electron chi connectivity index (χ2n) is 5.95. The Balaban J connectivity index is 0. The summed E-state index contributed by atoms with van der Waals surface area (Å²) in [5.74, 6) is -2.70. The molecule has 1 unspecified atom stereocenters. The Bertz CT molecular complexity index is 465. The van der Waals surface area contributed by atoms with Gasteiger partial charge in [-0.1, -0.05) is 64.7 Å². The monoisotopic (exact) mass is 390 g/mol. The Hall–Kier alpha value is -0.150. The van der Waals surface area contributed by atoms with E-state index >= 15 is 0 Å². The van der Waals surface area contributed by atoms with Crippen molar-refractivity contribution in [3.63, 3.8) is 0 Å². The molecule has 0 aromatic rings. The van der Waals surface area contributed by atoms with Gasteiger partial charge in [-0.3, -0.25) is 14.1 Å². The van der Waals surface area contributed by atoms with Crippen LogP contribution in [-0.2, 0) is 24.4 Å². The van der Waals surface area contributed by atoms with E-state index in [4.69, 9.17) is 14.4 Å². The molecule has 7 nitrogen and oxygen atoms in total.